The fraction of sp³-hybridized carbons (Fsp3) is 0.103. The fourth-order valence-corrected chi connectivity index (χ4v) is 4.62. The topological polar surface area (TPSA) is 3.24 Å². The molecule has 0 aromatic heterocycles. The predicted molar refractivity (Wildman–Crippen MR) is 128 cm³/mol. The minimum absolute atomic E-state index is 1.24. The van der Waals surface area contributed by atoms with Crippen molar-refractivity contribution < 1.29 is 0 Å². The highest BCUT2D eigenvalue weighted by Gasteiger charge is 2.27. The molecular weight excluding hydrogens is 362 g/mol. The van der Waals surface area contributed by atoms with Crippen molar-refractivity contribution in [2.75, 3.05) is 11.9 Å². The van der Waals surface area contributed by atoms with Crippen LogP contribution in [0, 0.1) is 13.8 Å². The summed E-state index contributed by atoms with van der Waals surface area (Å²) in [5, 5.41) is 0. The standard InChI is InChI=1S/C29H25N/c1-20-12-4-6-14-22(20)28(23-15-7-5-13-21(23)2)29-24-16-8-10-18-26(24)30(3)27-19-11-9-17-25(27)29/h4-19H,1-3H3. The van der Waals surface area contributed by atoms with Crippen LogP contribution in [-0.2, 0) is 0 Å². The molecule has 0 spiro atoms. The van der Waals surface area contributed by atoms with Gasteiger partial charge in [0.25, 0.3) is 0 Å². The number of hydrogen-bond donors (Lipinski definition) is 0. The second-order valence-corrected chi connectivity index (χ2v) is 7.97. The summed E-state index contributed by atoms with van der Waals surface area (Å²) in [4.78, 5) is 2.31. The molecule has 0 bridgehead atoms. The summed E-state index contributed by atoms with van der Waals surface area (Å²) >= 11 is 0. The van der Waals surface area contributed by atoms with E-state index in [1.54, 1.807) is 0 Å². The largest absolute Gasteiger partial charge is 0.344 e. The Bertz CT molecular complexity index is 1180. The molecule has 4 aromatic carbocycles. The van der Waals surface area contributed by atoms with E-state index in [1.807, 2.05) is 0 Å². The van der Waals surface area contributed by atoms with E-state index in [4.69, 9.17) is 0 Å². The average molecular weight is 388 g/mol. The highest BCUT2D eigenvalue weighted by atomic mass is 15.1. The van der Waals surface area contributed by atoms with E-state index < -0.39 is 0 Å². The van der Waals surface area contributed by atoms with Gasteiger partial charge in [0.15, 0.2) is 0 Å². The van der Waals surface area contributed by atoms with Gasteiger partial charge < -0.3 is 4.90 Å². The number of para-hydroxylation sites is 2. The van der Waals surface area contributed by atoms with Crippen LogP contribution in [0.5, 0.6) is 0 Å². The predicted octanol–water partition coefficient (Wildman–Crippen LogP) is 7.39. The van der Waals surface area contributed by atoms with E-state index in [0.29, 0.717) is 0 Å². The van der Waals surface area contributed by atoms with Crippen molar-refractivity contribution in [1.82, 2.24) is 0 Å². The van der Waals surface area contributed by atoms with E-state index in [-0.39, 0.29) is 0 Å². The Labute approximate surface area is 178 Å². The summed E-state index contributed by atoms with van der Waals surface area (Å²) < 4.78 is 0. The van der Waals surface area contributed by atoms with Gasteiger partial charge in [0, 0.05) is 35.1 Å². The van der Waals surface area contributed by atoms with Crippen molar-refractivity contribution >= 4 is 22.5 Å². The number of hydrogen-bond acceptors (Lipinski definition) is 1. The third-order valence-electron chi connectivity index (χ3n) is 6.15. The minimum Gasteiger partial charge on any atom is -0.344 e. The summed E-state index contributed by atoms with van der Waals surface area (Å²) in [7, 11) is 2.16. The smallest absolute Gasteiger partial charge is 0.0488 e. The lowest BCUT2D eigenvalue weighted by atomic mass is 9.80. The molecule has 146 valence electrons. The zero-order valence-corrected chi connectivity index (χ0v) is 17.7. The monoisotopic (exact) mass is 387 g/mol. The van der Waals surface area contributed by atoms with Gasteiger partial charge in [0.2, 0.25) is 0 Å². The number of aryl methyl sites for hydroxylation is 2. The van der Waals surface area contributed by atoms with Crippen molar-refractivity contribution in [2.45, 2.75) is 13.8 Å². The molecule has 0 saturated carbocycles. The third-order valence-corrected chi connectivity index (χ3v) is 6.15. The first-order valence-corrected chi connectivity index (χ1v) is 10.5. The zero-order valence-electron chi connectivity index (χ0n) is 17.7. The van der Waals surface area contributed by atoms with E-state index in [9.17, 15) is 0 Å². The second kappa shape index (κ2) is 7.35. The summed E-state index contributed by atoms with van der Waals surface area (Å²) in [6.07, 6.45) is 0. The SMILES string of the molecule is Cc1ccccc1C(=C1c2ccccc2N(C)c2ccccc21)c1ccccc1C. The Morgan fingerprint density at radius 1 is 0.533 bits per heavy atom. The van der Waals surface area contributed by atoms with E-state index in [1.165, 1.54) is 55.9 Å². The molecule has 0 amide bonds. The number of benzene rings is 4. The molecule has 1 nitrogen and oxygen atoms in total. The highest BCUT2D eigenvalue weighted by molar-refractivity contribution is 6.12. The van der Waals surface area contributed by atoms with Crippen molar-refractivity contribution in [3.63, 3.8) is 0 Å². The van der Waals surface area contributed by atoms with Gasteiger partial charge in [0.1, 0.15) is 0 Å². The van der Waals surface area contributed by atoms with Crippen LogP contribution in [0.3, 0.4) is 0 Å². The lowest BCUT2D eigenvalue weighted by Crippen LogP contribution is -2.18. The zero-order chi connectivity index (χ0) is 20.7. The summed E-state index contributed by atoms with van der Waals surface area (Å²) in [5.74, 6) is 0. The van der Waals surface area contributed by atoms with Crippen LogP contribution in [0.2, 0.25) is 0 Å². The Hall–Kier alpha value is -3.58. The second-order valence-electron chi connectivity index (χ2n) is 7.97. The third kappa shape index (κ3) is 2.86. The first-order chi connectivity index (χ1) is 14.7. The number of rotatable bonds is 2. The number of fused-ring (bicyclic) bond motifs is 2. The summed E-state index contributed by atoms with van der Waals surface area (Å²) in [5.41, 5.74) is 12.8. The quantitative estimate of drug-likeness (QED) is 0.346. The van der Waals surface area contributed by atoms with Crippen LogP contribution in [0.1, 0.15) is 33.4 Å². The van der Waals surface area contributed by atoms with E-state index >= 15 is 0 Å². The molecule has 0 N–H and O–H groups in total. The van der Waals surface area contributed by atoms with Crippen LogP contribution in [0.15, 0.2) is 97.1 Å². The molecule has 0 fully saturated rings. The van der Waals surface area contributed by atoms with Crippen molar-refractivity contribution in [3.05, 3.63) is 130 Å². The number of nitrogens with zero attached hydrogens (tertiary/aromatic N) is 1. The molecule has 4 aromatic rings. The van der Waals surface area contributed by atoms with Crippen LogP contribution in [0.4, 0.5) is 11.4 Å². The maximum Gasteiger partial charge on any atom is 0.0488 e. The Morgan fingerprint density at radius 3 is 1.40 bits per heavy atom. The van der Waals surface area contributed by atoms with Crippen LogP contribution >= 0.6 is 0 Å². The van der Waals surface area contributed by atoms with E-state index in [0.717, 1.165) is 0 Å². The molecular formula is C29H25N. The fourth-order valence-electron chi connectivity index (χ4n) is 4.62. The molecule has 0 aliphatic carbocycles. The van der Waals surface area contributed by atoms with Crippen LogP contribution in [0.25, 0.3) is 11.1 Å². The Balaban J connectivity index is 1.98. The number of anilines is 2. The van der Waals surface area contributed by atoms with Gasteiger partial charge in [-0.1, -0.05) is 84.9 Å². The van der Waals surface area contributed by atoms with Gasteiger partial charge in [-0.2, -0.15) is 0 Å². The van der Waals surface area contributed by atoms with Crippen LogP contribution in [-0.4, -0.2) is 7.05 Å². The Kier molecular flexibility index (Phi) is 4.52. The van der Waals surface area contributed by atoms with Gasteiger partial charge >= 0.3 is 0 Å². The molecule has 0 saturated heterocycles. The lowest BCUT2D eigenvalue weighted by Gasteiger charge is -2.33. The Morgan fingerprint density at radius 2 is 0.933 bits per heavy atom. The highest BCUT2D eigenvalue weighted by Crippen LogP contribution is 2.49. The molecule has 0 radical (unpaired) electrons. The van der Waals surface area contributed by atoms with Gasteiger partial charge in [0.05, 0.1) is 0 Å². The minimum atomic E-state index is 1.24. The molecule has 1 heterocycles. The average Bonchev–Trinajstić information content (AvgIpc) is 2.78. The molecule has 1 aliphatic rings. The van der Waals surface area contributed by atoms with Gasteiger partial charge in [-0.25, -0.2) is 0 Å². The first-order valence-electron chi connectivity index (χ1n) is 10.5. The summed E-state index contributed by atoms with van der Waals surface area (Å²) in [6, 6.07) is 35.0. The van der Waals surface area contributed by atoms with Crippen molar-refractivity contribution in [1.29, 1.82) is 0 Å². The van der Waals surface area contributed by atoms with Crippen molar-refractivity contribution in [2.24, 2.45) is 0 Å². The van der Waals surface area contributed by atoms with Gasteiger partial charge in [-0.05, 0) is 53.8 Å². The molecule has 0 unspecified atom stereocenters. The lowest BCUT2D eigenvalue weighted by molar-refractivity contribution is 1.17. The molecule has 0 atom stereocenters. The van der Waals surface area contributed by atoms with Gasteiger partial charge in [-0.3, -0.25) is 0 Å². The van der Waals surface area contributed by atoms with Crippen molar-refractivity contribution in [3.8, 4) is 0 Å². The van der Waals surface area contributed by atoms with E-state index in [2.05, 4.69) is 123 Å². The first kappa shape index (κ1) is 18.4. The maximum absolute atomic E-state index is 2.31. The molecule has 1 aliphatic heterocycles. The van der Waals surface area contributed by atoms with Crippen LogP contribution < -0.4 is 4.90 Å². The summed E-state index contributed by atoms with van der Waals surface area (Å²) in [6.45, 7) is 4.42. The molecule has 30 heavy (non-hydrogen) atoms. The van der Waals surface area contributed by atoms with Gasteiger partial charge in [-0.15, -0.1) is 0 Å². The molecule has 5 rings (SSSR count). The normalized spacial score (nSPS) is 12.4. The maximum atomic E-state index is 2.31. The molecule has 1 heteroatoms.